The Balaban J connectivity index is 1.56. The van der Waals surface area contributed by atoms with Crippen molar-refractivity contribution in [2.45, 2.75) is 26.4 Å². The number of hydrogen-bond acceptors (Lipinski definition) is 4. The number of nitrogens with zero attached hydrogens (tertiary/aromatic N) is 1. The number of carbonyl (C=O) groups excluding carboxylic acids is 1. The number of halogens is 1. The summed E-state index contributed by atoms with van der Waals surface area (Å²) in [6, 6.07) is 21.4. The highest BCUT2D eigenvalue weighted by atomic mass is 19.1. The molecule has 3 aromatic carbocycles. The molecule has 0 saturated heterocycles. The average Bonchev–Trinajstić information content (AvgIpc) is 3.13. The van der Waals surface area contributed by atoms with Crippen LogP contribution in [0.4, 0.5) is 4.39 Å². The van der Waals surface area contributed by atoms with E-state index in [1.165, 1.54) is 17.7 Å². The first-order chi connectivity index (χ1) is 15.0. The van der Waals surface area contributed by atoms with E-state index in [0.29, 0.717) is 22.8 Å². The Labute approximate surface area is 180 Å². The molecule has 0 aliphatic carbocycles. The summed E-state index contributed by atoms with van der Waals surface area (Å²) in [5.74, 6) is 0.444. The fraction of sp³-hybridized carbons (Fsp3) is 0.154. The first-order valence-corrected chi connectivity index (χ1v) is 10.1. The minimum atomic E-state index is -0.511. The first kappa shape index (κ1) is 20.5. The lowest BCUT2D eigenvalue weighted by Crippen LogP contribution is -2.05. The van der Waals surface area contributed by atoms with Crippen molar-refractivity contribution in [1.82, 2.24) is 0 Å². The molecule has 0 saturated carbocycles. The van der Waals surface area contributed by atoms with Gasteiger partial charge in [-0.1, -0.05) is 56.3 Å². The van der Waals surface area contributed by atoms with E-state index in [9.17, 15) is 9.18 Å². The molecule has 0 spiro atoms. The molecule has 0 N–H and O–H groups in total. The van der Waals surface area contributed by atoms with Gasteiger partial charge < -0.3 is 9.47 Å². The van der Waals surface area contributed by atoms with Gasteiger partial charge in [-0.05, 0) is 53.5 Å². The van der Waals surface area contributed by atoms with Crippen molar-refractivity contribution >= 4 is 17.9 Å². The average molecular weight is 415 g/mol. The summed E-state index contributed by atoms with van der Waals surface area (Å²) in [4.78, 5) is 16.8. The number of aliphatic imine (C=N–C) groups is 1. The molecule has 1 aliphatic rings. The van der Waals surface area contributed by atoms with Crippen LogP contribution in [0.5, 0.6) is 5.75 Å². The lowest BCUT2D eigenvalue weighted by molar-refractivity contribution is -0.129. The molecule has 0 aromatic heterocycles. The maximum atomic E-state index is 13.4. The van der Waals surface area contributed by atoms with Gasteiger partial charge in [0.2, 0.25) is 5.90 Å². The Kier molecular flexibility index (Phi) is 5.94. The largest absolute Gasteiger partial charge is 0.488 e. The molecule has 31 heavy (non-hydrogen) atoms. The Hall–Kier alpha value is -3.73. The molecule has 1 heterocycles. The molecule has 156 valence electrons. The molecule has 4 nitrogen and oxygen atoms in total. The fourth-order valence-electron chi connectivity index (χ4n) is 3.21. The summed E-state index contributed by atoms with van der Waals surface area (Å²) in [5, 5.41) is 0. The van der Waals surface area contributed by atoms with Crippen LogP contribution in [0, 0.1) is 5.82 Å². The molecular weight excluding hydrogens is 393 g/mol. The van der Waals surface area contributed by atoms with Gasteiger partial charge in [0.1, 0.15) is 18.2 Å². The van der Waals surface area contributed by atoms with Crippen LogP contribution in [0.1, 0.15) is 42.0 Å². The van der Waals surface area contributed by atoms with E-state index in [1.807, 2.05) is 42.5 Å². The standard InChI is InChI=1S/C26H22FNO3/c1-17(2)19-10-12-20(13-11-19)25-28-23(26(29)31-25)15-21-7-3-4-9-24(21)30-16-18-6-5-8-22(27)14-18/h3-15,17H,16H2,1-2H3/b23-15-. The fourth-order valence-corrected chi connectivity index (χ4v) is 3.21. The molecule has 4 rings (SSSR count). The lowest BCUT2D eigenvalue weighted by atomic mass is 10.0. The number of esters is 1. The molecule has 0 unspecified atom stereocenters. The highest BCUT2D eigenvalue weighted by molar-refractivity contribution is 6.12. The molecule has 0 amide bonds. The zero-order chi connectivity index (χ0) is 21.8. The molecule has 5 heteroatoms. The number of hydrogen-bond donors (Lipinski definition) is 0. The summed E-state index contributed by atoms with van der Waals surface area (Å²) in [6.45, 7) is 4.45. The lowest BCUT2D eigenvalue weighted by Gasteiger charge is -2.09. The van der Waals surface area contributed by atoms with Crippen molar-refractivity contribution in [3.63, 3.8) is 0 Å². The topological polar surface area (TPSA) is 47.9 Å². The summed E-state index contributed by atoms with van der Waals surface area (Å²) in [5.41, 5.74) is 3.55. The summed E-state index contributed by atoms with van der Waals surface area (Å²) in [6.07, 6.45) is 1.64. The smallest absolute Gasteiger partial charge is 0.363 e. The second-order valence-electron chi connectivity index (χ2n) is 7.57. The predicted molar refractivity (Wildman–Crippen MR) is 118 cm³/mol. The van der Waals surface area contributed by atoms with Crippen LogP contribution in [-0.4, -0.2) is 11.9 Å². The molecule has 0 radical (unpaired) electrons. The second-order valence-corrected chi connectivity index (χ2v) is 7.57. The number of para-hydroxylation sites is 1. The van der Waals surface area contributed by atoms with E-state index >= 15 is 0 Å². The van der Waals surface area contributed by atoms with Gasteiger partial charge in [0.25, 0.3) is 0 Å². The number of carbonyl (C=O) groups is 1. The van der Waals surface area contributed by atoms with Crippen LogP contribution in [0.2, 0.25) is 0 Å². The summed E-state index contributed by atoms with van der Waals surface area (Å²) < 4.78 is 24.6. The van der Waals surface area contributed by atoms with E-state index in [-0.39, 0.29) is 24.0 Å². The van der Waals surface area contributed by atoms with Gasteiger partial charge in [0.15, 0.2) is 5.70 Å². The van der Waals surface area contributed by atoms with Crippen molar-refractivity contribution in [3.05, 3.63) is 107 Å². The normalized spacial score (nSPS) is 14.6. The zero-order valence-corrected chi connectivity index (χ0v) is 17.3. The number of cyclic esters (lactones) is 1. The minimum Gasteiger partial charge on any atom is -0.488 e. The van der Waals surface area contributed by atoms with Gasteiger partial charge in [-0.2, -0.15) is 0 Å². The summed E-state index contributed by atoms with van der Waals surface area (Å²) in [7, 11) is 0. The maximum absolute atomic E-state index is 13.4. The molecule has 0 fully saturated rings. The van der Waals surface area contributed by atoms with Crippen LogP contribution in [0.25, 0.3) is 6.08 Å². The number of benzene rings is 3. The second kappa shape index (κ2) is 8.96. The maximum Gasteiger partial charge on any atom is 0.363 e. The van der Waals surface area contributed by atoms with Gasteiger partial charge >= 0.3 is 5.97 Å². The van der Waals surface area contributed by atoms with Gasteiger partial charge in [0, 0.05) is 11.1 Å². The zero-order valence-electron chi connectivity index (χ0n) is 17.3. The van der Waals surface area contributed by atoms with Crippen LogP contribution in [-0.2, 0) is 16.1 Å². The van der Waals surface area contributed by atoms with Gasteiger partial charge in [-0.15, -0.1) is 0 Å². The van der Waals surface area contributed by atoms with Crippen molar-refractivity contribution < 1.29 is 18.7 Å². The first-order valence-electron chi connectivity index (χ1n) is 10.1. The number of ether oxygens (including phenoxy) is 2. The van der Waals surface area contributed by atoms with E-state index in [4.69, 9.17) is 9.47 Å². The van der Waals surface area contributed by atoms with Crippen molar-refractivity contribution in [2.24, 2.45) is 4.99 Å². The van der Waals surface area contributed by atoms with E-state index in [0.717, 1.165) is 5.56 Å². The Morgan fingerprint density at radius 3 is 2.55 bits per heavy atom. The van der Waals surface area contributed by atoms with Crippen LogP contribution in [0.3, 0.4) is 0 Å². The predicted octanol–water partition coefficient (Wildman–Crippen LogP) is 5.87. The van der Waals surface area contributed by atoms with Crippen LogP contribution < -0.4 is 4.74 Å². The molecule has 0 bridgehead atoms. The van der Waals surface area contributed by atoms with Crippen LogP contribution in [0.15, 0.2) is 83.5 Å². The minimum absolute atomic E-state index is 0.199. The highest BCUT2D eigenvalue weighted by Gasteiger charge is 2.24. The Bertz CT molecular complexity index is 1160. The quantitative estimate of drug-likeness (QED) is 0.374. The molecule has 3 aromatic rings. The Morgan fingerprint density at radius 1 is 1.03 bits per heavy atom. The monoisotopic (exact) mass is 415 g/mol. The highest BCUT2D eigenvalue weighted by Crippen LogP contribution is 2.26. The van der Waals surface area contributed by atoms with Crippen molar-refractivity contribution in [2.75, 3.05) is 0 Å². The van der Waals surface area contributed by atoms with Gasteiger partial charge in [-0.25, -0.2) is 14.2 Å². The molecule has 1 aliphatic heterocycles. The molecular formula is C26H22FNO3. The van der Waals surface area contributed by atoms with E-state index in [2.05, 4.69) is 18.8 Å². The SMILES string of the molecule is CC(C)c1ccc(C2=N/C(=C\c3ccccc3OCc3cccc(F)c3)C(=O)O2)cc1. The van der Waals surface area contributed by atoms with Crippen LogP contribution >= 0.6 is 0 Å². The van der Waals surface area contributed by atoms with Gasteiger partial charge in [-0.3, -0.25) is 0 Å². The van der Waals surface area contributed by atoms with E-state index in [1.54, 1.807) is 24.3 Å². The van der Waals surface area contributed by atoms with Crippen molar-refractivity contribution in [1.29, 1.82) is 0 Å². The number of rotatable bonds is 6. The van der Waals surface area contributed by atoms with Crippen molar-refractivity contribution in [3.8, 4) is 5.75 Å². The summed E-state index contributed by atoms with van der Waals surface area (Å²) >= 11 is 0. The van der Waals surface area contributed by atoms with E-state index < -0.39 is 5.97 Å². The third-order valence-electron chi connectivity index (χ3n) is 4.94. The third-order valence-corrected chi connectivity index (χ3v) is 4.94. The Morgan fingerprint density at radius 2 is 1.81 bits per heavy atom. The molecule has 0 atom stereocenters. The van der Waals surface area contributed by atoms with Gasteiger partial charge in [0.05, 0.1) is 0 Å². The third kappa shape index (κ3) is 4.89.